The molecular formula is C18H20F3N3O3. The van der Waals surface area contributed by atoms with Crippen molar-refractivity contribution in [3.63, 3.8) is 0 Å². The van der Waals surface area contributed by atoms with Crippen LogP contribution in [0.3, 0.4) is 0 Å². The van der Waals surface area contributed by atoms with Crippen LogP contribution in [0.1, 0.15) is 35.2 Å². The smallest absolute Gasteiger partial charge is 0.475 e. The number of rotatable bonds is 1. The average Bonchev–Trinajstić information content (AvgIpc) is 2.97. The zero-order valence-corrected chi connectivity index (χ0v) is 14.6. The molecule has 0 aromatic heterocycles. The molecule has 3 rings (SSSR count). The molecule has 6 nitrogen and oxygen atoms in total. The Morgan fingerprint density at radius 3 is 2.26 bits per heavy atom. The van der Waals surface area contributed by atoms with Crippen LogP contribution < -0.4 is 0 Å². The van der Waals surface area contributed by atoms with Crippen LogP contribution in [0.2, 0.25) is 0 Å². The summed E-state index contributed by atoms with van der Waals surface area (Å²) in [6, 6.07) is 9.58. The van der Waals surface area contributed by atoms with E-state index in [1.165, 1.54) is 19.4 Å². The minimum atomic E-state index is -5.08. The summed E-state index contributed by atoms with van der Waals surface area (Å²) in [5, 5.41) is 15.9. The molecule has 2 heterocycles. The molecule has 0 radical (unpaired) electrons. The Hall–Kier alpha value is -2.60. The molecule has 9 heteroatoms. The molecule has 0 bridgehead atoms. The van der Waals surface area contributed by atoms with Crippen molar-refractivity contribution in [1.29, 1.82) is 5.26 Å². The van der Waals surface area contributed by atoms with Gasteiger partial charge in [-0.1, -0.05) is 0 Å². The minimum Gasteiger partial charge on any atom is -0.475 e. The van der Waals surface area contributed by atoms with Gasteiger partial charge in [0.15, 0.2) is 0 Å². The molecule has 1 aromatic rings. The number of benzene rings is 1. The molecule has 2 fully saturated rings. The Labute approximate surface area is 154 Å². The number of alkyl halides is 3. The second-order valence-corrected chi connectivity index (χ2v) is 6.43. The molecule has 1 unspecified atom stereocenters. The zero-order chi connectivity index (χ0) is 20.0. The van der Waals surface area contributed by atoms with Gasteiger partial charge in [-0.2, -0.15) is 18.4 Å². The zero-order valence-electron chi connectivity index (χ0n) is 14.6. The van der Waals surface area contributed by atoms with E-state index in [1.807, 2.05) is 4.90 Å². The van der Waals surface area contributed by atoms with Crippen molar-refractivity contribution in [2.24, 2.45) is 0 Å². The SMILES string of the molecule is N#Cc1ccc(C(=O)N2CCCN3CCCC3C2)cc1.O=C(O)C(F)(F)F. The van der Waals surface area contributed by atoms with Crippen LogP contribution in [-0.2, 0) is 4.79 Å². The van der Waals surface area contributed by atoms with Crippen LogP contribution in [0.5, 0.6) is 0 Å². The van der Waals surface area contributed by atoms with Gasteiger partial charge in [-0.25, -0.2) is 4.79 Å². The van der Waals surface area contributed by atoms with Gasteiger partial charge in [0.05, 0.1) is 11.6 Å². The predicted octanol–water partition coefficient (Wildman–Crippen LogP) is 2.50. The molecule has 1 amide bonds. The van der Waals surface area contributed by atoms with Crippen molar-refractivity contribution in [3.8, 4) is 6.07 Å². The molecule has 0 spiro atoms. The van der Waals surface area contributed by atoms with E-state index in [-0.39, 0.29) is 5.91 Å². The lowest BCUT2D eigenvalue weighted by atomic mass is 10.1. The Morgan fingerprint density at radius 1 is 1.11 bits per heavy atom. The van der Waals surface area contributed by atoms with Crippen LogP contribution in [0.25, 0.3) is 0 Å². The lowest BCUT2D eigenvalue weighted by Gasteiger charge is -2.25. The maximum Gasteiger partial charge on any atom is 0.490 e. The van der Waals surface area contributed by atoms with Gasteiger partial charge >= 0.3 is 12.1 Å². The minimum absolute atomic E-state index is 0.100. The van der Waals surface area contributed by atoms with Gasteiger partial charge in [0.2, 0.25) is 0 Å². The number of halogens is 3. The first-order valence-electron chi connectivity index (χ1n) is 8.56. The number of carbonyl (C=O) groups excluding carboxylic acids is 1. The van der Waals surface area contributed by atoms with Crippen LogP contribution in [0, 0.1) is 11.3 Å². The second-order valence-electron chi connectivity index (χ2n) is 6.43. The van der Waals surface area contributed by atoms with Crippen molar-refractivity contribution in [3.05, 3.63) is 35.4 Å². The third-order valence-electron chi connectivity index (χ3n) is 4.59. The first-order chi connectivity index (χ1) is 12.7. The Balaban J connectivity index is 0.000000321. The molecule has 1 atom stereocenters. The Bertz CT molecular complexity index is 713. The van der Waals surface area contributed by atoms with Crippen molar-refractivity contribution >= 4 is 11.9 Å². The average molecular weight is 383 g/mol. The lowest BCUT2D eigenvalue weighted by molar-refractivity contribution is -0.192. The summed E-state index contributed by atoms with van der Waals surface area (Å²) in [5.74, 6) is -2.66. The molecule has 1 N–H and O–H groups in total. The maximum absolute atomic E-state index is 12.6. The van der Waals surface area contributed by atoms with Crippen molar-refractivity contribution in [2.45, 2.75) is 31.5 Å². The van der Waals surface area contributed by atoms with Crippen LogP contribution in [-0.4, -0.2) is 65.2 Å². The number of hydrogen-bond donors (Lipinski definition) is 1. The number of nitrogens with zero attached hydrogens (tertiary/aromatic N) is 3. The number of aliphatic carboxylic acids is 1. The molecule has 146 valence electrons. The quantitative estimate of drug-likeness (QED) is 0.806. The third-order valence-corrected chi connectivity index (χ3v) is 4.59. The number of amides is 1. The van der Waals surface area contributed by atoms with Crippen molar-refractivity contribution < 1.29 is 27.9 Å². The number of fused-ring (bicyclic) bond motifs is 1. The fraction of sp³-hybridized carbons (Fsp3) is 0.500. The molecule has 2 saturated heterocycles. The van der Waals surface area contributed by atoms with Gasteiger partial charge in [0.25, 0.3) is 5.91 Å². The highest BCUT2D eigenvalue weighted by atomic mass is 19.4. The van der Waals surface area contributed by atoms with Gasteiger partial charge in [-0.3, -0.25) is 9.69 Å². The van der Waals surface area contributed by atoms with E-state index < -0.39 is 12.1 Å². The number of carbonyl (C=O) groups is 2. The summed E-state index contributed by atoms with van der Waals surface area (Å²) >= 11 is 0. The molecule has 0 aliphatic carbocycles. The summed E-state index contributed by atoms with van der Waals surface area (Å²) in [6.45, 7) is 3.98. The number of hydrogen-bond acceptors (Lipinski definition) is 4. The van der Waals surface area contributed by atoms with Crippen molar-refractivity contribution in [2.75, 3.05) is 26.2 Å². The molecular weight excluding hydrogens is 363 g/mol. The molecule has 2 aliphatic heterocycles. The standard InChI is InChI=1S/C16H19N3O.C2HF3O2/c17-11-13-4-6-14(7-5-13)16(20)19-10-2-9-18-8-1-3-15(18)12-19;3-2(4,5)1(6)7/h4-7,15H,1-3,8-10,12H2;(H,6,7). The van der Waals surface area contributed by atoms with E-state index in [0.717, 1.165) is 26.1 Å². The Kier molecular flexibility index (Phi) is 6.80. The van der Waals surface area contributed by atoms with Crippen LogP contribution in [0.15, 0.2) is 24.3 Å². The predicted molar refractivity (Wildman–Crippen MR) is 90.0 cm³/mol. The highest BCUT2D eigenvalue weighted by molar-refractivity contribution is 5.94. The van der Waals surface area contributed by atoms with Crippen LogP contribution >= 0.6 is 0 Å². The van der Waals surface area contributed by atoms with Crippen LogP contribution in [0.4, 0.5) is 13.2 Å². The molecule has 0 saturated carbocycles. The normalized spacial score (nSPS) is 19.9. The van der Waals surface area contributed by atoms with Gasteiger partial charge < -0.3 is 10.0 Å². The lowest BCUT2D eigenvalue weighted by Crippen LogP contribution is -2.39. The summed E-state index contributed by atoms with van der Waals surface area (Å²) in [4.78, 5) is 26.0. The second kappa shape index (κ2) is 8.86. The fourth-order valence-corrected chi connectivity index (χ4v) is 3.26. The highest BCUT2D eigenvalue weighted by Crippen LogP contribution is 2.22. The largest absolute Gasteiger partial charge is 0.490 e. The highest BCUT2D eigenvalue weighted by Gasteiger charge is 2.38. The van der Waals surface area contributed by atoms with Gasteiger partial charge in [-0.05, 0) is 50.1 Å². The van der Waals surface area contributed by atoms with Gasteiger partial charge in [0, 0.05) is 31.2 Å². The molecule has 27 heavy (non-hydrogen) atoms. The van der Waals surface area contributed by atoms with E-state index >= 15 is 0 Å². The Morgan fingerprint density at radius 2 is 1.70 bits per heavy atom. The first kappa shape index (κ1) is 20.7. The van der Waals surface area contributed by atoms with E-state index in [1.54, 1.807) is 24.3 Å². The number of carboxylic acid groups (broad SMARTS) is 1. The third kappa shape index (κ3) is 5.69. The summed E-state index contributed by atoms with van der Waals surface area (Å²) in [6.07, 6.45) is -1.57. The first-order valence-corrected chi connectivity index (χ1v) is 8.56. The monoisotopic (exact) mass is 383 g/mol. The van der Waals surface area contributed by atoms with Gasteiger partial charge in [0.1, 0.15) is 0 Å². The molecule has 1 aromatic carbocycles. The summed E-state index contributed by atoms with van der Waals surface area (Å²) < 4.78 is 31.7. The van der Waals surface area contributed by atoms with E-state index in [9.17, 15) is 18.0 Å². The fourth-order valence-electron chi connectivity index (χ4n) is 3.26. The molecule has 2 aliphatic rings. The summed E-state index contributed by atoms with van der Waals surface area (Å²) in [5.41, 5.74) is 1.29. The topological polar surface area (TPSA) is 84.6 Å². The van der Waals surface area contributed by atoms with E-state index in [0.29, 0.717) is 17.2 Å². The summed E-state index contributed by atoms with van der Waals surface area (Å²) in [7, 11) is 0. The number of nitriles is 1. The number of carboxylic acids is 1. The van der Waals surface area contributed by atoms with E-state index in [4.69, 9.17) is 15.2 Å². The maximum atomic E-state index is 12.6. The van der Waals surface area contributed by atoms with Crippen molar-refractivity contribution in [1.82, 2.24) is 9.80 Å². The van der Waals surface area contributed by atoms with Gasteiger partial charge in [-0.15, -0.1) is 0 Å². The van der Waals surface area contributed by atoms with E-state index in [2.05, 4.69) is 11.0 Å².